The second kappa shape index (κ2) is 5.15. The minimum absolute atomic E-state index is 1.13. The Morgan fingerprint density at radius 1 is 1.25 bits per heavy atom. The predicted octanol–water partition coefficient (Wildman–Crippen LogP) is 3.41. The first-order valence-corrected chi connectivity index (χ1v) is 6.15. The van der Waals surface area contributed by atoms with Crippen molar-refractivity contribution in [2.75, 3.05) is 18.0 Å². The summed E-state index contributed by atoms with van der Waals surface area (Å²) < 4.78 is 0. The van der Waals surface area contributed by atoms with Crippen molar-refractivity contribution >= 4 is 11.9 Å². The van der Waals surface area contributed by atoms with Crippen LogP contribution >= 0.6 is 0 Å². The van der Waals surface area contributed by atoms with Gasteiger partial charge >= 0.3 is 0 Å². The lowest BCUT2D eigenvalue weighted by molar-refractivity contribution is 0.726. The van der Waals surface area contributed by atoms with Gasteiger partial charge in [-0.3, -0.25) is 0 Å². The Morgan fingerprint density at radius 3 is 2.50 bits per heavy atom. The molecule has 0 aliphatic carbocycles. The fraction of sp³-hybridized carbons (Fsp3) is 0.500. The summed E-state index contributed by atoms with van der Waals surface area (Å²) in [4.78, 5) is 6.94. The molecule has 1 aromatic rings. The number of nitrogens with zero attached hydrogens (tertiary/aromatic N) is 2. The average Bonchev–Trinajstić information content (AvgIpc) is 2.57. The van der Waals surface area contributed by atoms with Gasteiger partial charge in [-0.05, 0) is 37.0 Å². The third-order valence-corrected chi connectivity index (χ3v) is 3.29. The summed E-state index contributed by atoms with van der Waals surface area (Å²) in [6.45, 7) is 8.23. The van der Waals surface area contributed by atoms with Crippen LogP contribution < -0.4 is 4.90 Å². The number of pyridine rings is 1. The molecule has 0 aromatic carbocycles. The molecule has 0 spiro atoms. The van der Waals surface area contributed by atoms with Crippen LogP contribution in [0.2, 0.25) is 0 Å². The van der Waals surface area contributed by atoms with Crippen LogP contribution in [0.25, 0.3) is 6.08 Å². The van der Waals surface area contributed by atoms with Crippen LogP contribution in [0, 0.1) is 6.92 Å². The Labute approximate surface area is 98.0 Å². The van der Waals surface area contributed by atoms with E-state index in [0.29, 0.717) is 0 Å². The standard InChI is InChI=1S/C14H20N2/c1-3-13-11-15-14(10-12(13)2)16-8-6-4-5-7-9-16/h3,10-11H,1,4-9H2,2H3. The van der Waals surface area contributed by atoms with Gasteiger partial charge in [0, 0.05) is 19.3 Å². The summed E-state index contributed by atoms with van der Waals surface area (Å²) in [6, 6.07) is 2.18. The Kier molecular flexibility index (Phi) is 3.60. The van der Waals surface area contributed by atoms with E-state index in [1.54, 1.807) is 0 Å². The van der Waals surface area contributed by atoms with E-state index < -0.39 is 0 Å². The van der Waals surface area contributed by atoms with Gasteiger partial charge in [0.25, 0.3) is 0 Å². The van der Waals surface area contributed by atoms with Crippen LogP contribution in [0.1, 0.15) is 36.8 Å². The molecule has 0 unspecified atom stereocenters. The molecule has 0 N–H and O–H groups in total. The fourth-order valence-electron chi connectivity index (χ4n) is 2.24. The number of rotatable bonds is 2. The normalized spacial score (nSPS) is 16.9. The maximum Gasteiger partial charge on any atom is 0.128 e. The van der Waals surface area contributed by atoms with Crippen molar-refractivity contribution < 1.29 is 0 Å². The van der Waals surface area contributed by atoms with E-state index in [-0.39, 0.29) is 0 Å². The molecule has 1 aliphatic rings. The molecule has 0 radical (unpaired) electrons. The molecule has 86 valence electrons. The zero-order valence-corrected chi connectivity index (χ0v) is 10.1. The third kappa shape index (κ3) is 2.43. The van der Waals surface area contributed by atoms with Crippen LogP contribution in [0.15, 0.2) is 18.8 Å². The monoisotopic (exact) mass is 216 g/mol. The van der Waals surface area contributed by atoms with E-state index >= 15 is 0 Å². The van der Waals surface area contributed by atoms with Crippen molar-refractivity contribution in [3.63, 3.8) is 0 Å². The summed E-state index contributed by atoms with van der Waals surface area (Å²) in [7, 11) is 0. The molecule has 0 atom stereocenters. The van der Waals surface area contributed by atoms with Crippen LogP contribution in [0.5, 0.6) is 0 Å². The molecule has 2 rings (SSSR count). The van der Waals surface area contributed by atoms with Gasteiger partial charge in [0.05, 0.1) is 0 Å². The second-order valence-corrected chi connectivity index (χ2v) is 4.50. The van der Waals surface area contributed by atoms with Gasteiger partial charge < -0.3 is 4.90 Å². The minimum atomic E-state index is 1.13. The summed E-state index contributed by atoms with van der Waals surface area (Å²) in [5.74, 6) is 1.13. The van der Waals surface area contributed by atoms with Crippen molar-refractivity contribution in [1.29, 1.82) is 0 Å². The lowest BCUT2D eigenvalue weighted by atomic mass is 10.1. The molecule has 1 aliphatic heterocycles. The SMILES string of the molecule is C=Cc1cnc(N2CCCCCC2)cc1C. The van der Waals surface area contributed by atoms with Crippen LogP contribution in [-0.2, 0) is 0 Å². The van der Waals surface area contributed by atoms with E-state index in [9.17, 15) is 0 Å². The number of aromatic nitrogens is 1. The highest BCUT2D eigenvalue weighted by Gasteiger charge is 2.11. The van der Waals surface area contributed by atoms with Crippen molar-refractivity contribution in [3.05, 3.63) is 30.0 Å². The van der Waals surface area contributed by atoms with E-state index in [1.165, 1.54) is 31.2 Å². The molecule has 0 bridgehead atoms. The Bertz CT molecular complexity index is 363. The van der Waals surface area contributed by atoms with Gasteiger partial charge in [0.2, 0.25) is 0 Å². The van der Waals surface area contributed by atoms with Gasteiger partial charge in [-0.25, -0.2) is 4.98 Å². The van der Waals surface area contributed by atoms with Gasteiger partial charge in [-0.15, -0.1) is 0 Å². The maximum absolute atomic E-state index is 4.53. The van der Waals surface area contributed by atoms with Crippen molar-refractivity contribution in [2.45, 2.75) is 32.6 Å². The molecule has 2 nitrogen and oxygen atoms in total. The Balaban J connectivity index is 2.19. The topological polar surface area (TPSA) is 16.1 Å². The molecule has 0 saturated carbocycles. The van der Waals surface area contributed by atoms with E-state index in [4.69, 9.17) is 0 Å². The molecular weight excluding hydrogens is 196 g/mol. The Hall–Kier alpha value is -1.31. The van der Waals surface area contributed by atoms with Crippen LogP contribution in [0.3, 0.4) is 0 Å². The first-order chi connectivity index (χ1) is 7.81. The summed E-state index contributed by atoms with van der Waals surface area (Å²) in [5, 5.41) is 0. The van der Waals surface area contributed by atoms with Crippen LogP contribution in [0.4, 0.5) is 5.82 Å². The molecule has 2 heterocycles. The third-order valence-electron chi connectivity index (χ3n) is 3.29. The molecule has 16 heavy (non-hydrogen) atoms. The molecule has 1 fully saturated rings. The largest absolute Gasteiger partial charge is 0.357 e. The smallest absolute Gasteiger partial charge is 0.128 e. The van der Waals surface area contributed by atoms with E-state index in [0.717, 1.165) is 24.5 Å². The first kappa shape index (κ1) is 11.2. The quantitative estimate of drug-likeness (QED) is 0.753. The summed E-state index contributed by atoms with van der Waals surface area (Å²) in [5.41, 5.74) is 2.41. The summed E-state index contributed by atoms with van der Waals surface area (Å²) in [6.07, 6.45) is 9.12. The zero-order valence-electron chi connectivity index (χ0n) is 10.1. The predicted molar refractivity (Wildman–Crippen MR) is 69.7 cm³/mol. The van der Waals surface area contributed by atoms with E-state index in [1.807, 2.05) is 12.3 Å². The lowest BCUT2D eigenvalue weighted by Crippen LogP contribution is -2.24. The molecule has 1 saturated heterocycles. The van der Waals surface area contributed by atoms with Gasteiger partial charge in [-0.2, -0.15) is 0 Å². The number of hydrogen-bond donors (Lipinski definition) is 0. The van der Waals surface area contributed by atoms with Gasteiger partial charge in [-0.1, -0.05) is 25.5 Å². The van der Waals surface area contributed by atoms with Gasteiger partial charge in [0.1, 0.15) is 5.82 Å². The first-order valence-electron chi connectivity index (χ1n) is 6.15. The van der Waals surface area contributed by atoms with Gasteiger partial charge in [0.15, 0.2) is 0 Å². The average molecular weight is 216 g/mol. The number of hydrogen-bond acceptors (Lipinski definition) is 2. The highest BCUT2D eigenvalue weighted by molar-refractivity contribution is 5.54. The van der Waals surface area contributed by atoms with Crippen LogP contribution in [-0.4, -0.2) is 18.1 Å². The highest BCUT2D eigenvalue weighted by atomic mass is 15.2. The molecular formula is C14H20N2. The number of anilines is 1. The maximum atomic E-state index is 4.53. The fourth-order valence-corrected chi connectivity index (χ4v) is 2.24. The van der Waals surface area contributed by atoms with E-state index in [2.05, 4.69) is 29.5 Å². The van der Waals surface area contributed by atoms with Crippen molar-refractivity contribution in [3.8, 4) is 0 Å². The van der Waals surface area contributed by atoms with Crippen molar-refractivity contribution in [2.24, 2.45) is 0 Å². The Morgan fingerprint density at radius 2 is 1.94 bits per heavy atom. The minimum Gasteiger partial charge on any atom is -0.357 e. The molecule has 0 amide bonds. The zero-order chi connectivity index (χ0) is 11.4. The highest BCUT2D eigenvalue weighted by Crippen LogP contribution is 2.20. The second-order valence-electron chi connectivity index (χ2n) is 4.50. The summed E-state index contributed by atoms with van der Waals surface area (Å²) >= 11 is 0. The van der Waals surface area contributed by atoms with Crippen molar-refractivity contribution in [1.82, 2.24) is 4.98 Å². The lowest BCUT2D eigenvalue weighted by Gasteiger charge is -2.22. The number of aryl methyl sites for hydroxylation is 1. The molecule has 2 heteroatoms. The molecule has 1 aromatic heterocycles.